The molecule has 8 heteroatoms. The fourth-order valence-electron chi connectivity index (χ4n) is 3.48. The number of nitrogens with one attached hydrogen (secondary N) is 1. The quantitative estimate of drug-likeness (QED) is 0.758. The maximum absolute atomic E-state index is 12.9. The second-order valence-electron chi connectivity index (χ2n) is 7.10. The molecule has 1 saturated carbocycles. The molecule has 1 fully saturated rings. The Bertz CT molecular complexity index is 1040. The molecule has 1 amide bonds. The molecule has 0 radical (unpaired) electrons. The fourth-order valence-corrected chi connectivity index (χ4v) is 5.05. The molecule has 0 heterocycles. The summed E-state index contributed by atoms with van der Waals surface area (Å²) in [6.45, 7) is 0. The highest BCUT2D eigenvalue weighted by molar-refractivity contribution is 7.89. The number of hydrogen-bond acceptors (Lipinski definition) is 4. The van der Waals surface area contributed by atoms with Crippen LogP contribution >= 0.6 is 11.6 Å². The molecule has 0 atom stereocenters. The third-order valence-electron chi connectivity index (χ3n) is 5.23. The van der Waals surface area contributed by atoms with Crippen LogP contribution < -0.4 is 5.32 Å². The molecule has 0 unspecified atom stereocenters. The maximum atomic E-state index is 12.9. The van der Waals surface area contributed by atoms with Gasteiger partial charge in [-0.3, -0.25) is 4.79 Å². The summed E-state index contributed by atoms with van der Waals surface area (Å²) in [4.78, 5) is 12.6. The molecule has 0 aromatic heterocycles. The third-order valence-corrected chi connectivity index (χ3v) is 7.48. The number of rotatable bonds is 5. The van der Waals surface area contributed by atoms with Crippen LogP contribution in [0.25, 0.3) is 0 Å². The van der Waals surface area contributed by atoms with Crippen molar-refractivity contribution in [1.29, 1.82) is 5.26 Å². The van der Waals surface area contributed by atoms with E-state index in [1.54, 1.807) is 13.1 Å². The van der Waals surface area contributed by atoms with E-state index in [0.717, 1.165) is 32.1 Å². The lowest BCUT2D eigenvalue weighted by Gasteiger charge is -2.30. The predicted octanol–water partition coefficient (Wildman–Crippen LogP) is 4.42. The summed E-state index contributed by atoms with van der Waals surface area (Å²) in [5, 5.41) is 12.0. The molecule has 6 nitrogen and oxygen atoms in total. The first-order chi connectivity index (χ1) is 13.8. The van der Waals surface area contributed by atoms with E-state index in [1.165, 1.54) is 40.7 Å². The van der Waals surface area contributed by atoms with E-state index in [2.05, 4.69) is 5.32 Å². The van der Waals surface area contributed by atoms with Gasteiger partial charge in [-0.25, -0.2) is 8.42 Å². The molecule has 1 aliphatic rings. The Morgan fingerprint density at radius 3 is 2.41 bits per heavy atom. The number of halogens is 1. The molecule has 3 rings (SSSR count). The molecule has 1 N–H and O–H groups in total. The number of hydrogen-bond donors (Lipinski definition) is 1. The summed E-state index contributed by atoms with van der Waals surface area (Å²) < 4.78 is 27.2. The van der Waals surface area contributed by atoms with Crippen LogP contribution in [0.3, 0.4) is 0 Å². The van der Waals surface area contributed by atoms with Gasteiger partial charge >= 0.3 is 0 Å². The number of amides is 1. The SMILES string of the molecule is CN(C1CCCCC1)S(=O)(=O)c1ccc(C(=O)Nc2ccc(Cl)c(C#N)c2)cc1. The highest BCUT2D eigenvalue weighted by Crippen LogP contribution is 2.27. The van der Waals surface area contributed by atoms with Crippen molar-refractivity contribution >= 4 is 33.2 Å². The van der Waals surface area contributed by atoms with E-state index in [9.17, 15) is 13.2 Å². The first-order valence-corrected chi connectivity index (χ1v) is 11.2. The van der Waals surface area contributed by atoms with Crippen molar-refractivity contribution in [1.82, 2.24) is 4.31 Å². The normalized spacial score (nSPS) is 15.1. The molecular formula is C21H22ClN3O3S. The van der Waals surface area contributed by atoms with Gasteiger partial charge in [0.25, 0.3) is 5.91 Å². The van der Waals surface area contributed by atoms with Crippen molar-refractivity contribution < 1.29 is 13.2 Å². The highest BCUT2D eigenvalue weighted by atomic mass is 35.5. The molecular weight excluding hydrogens is 410 g/mol. The summed E-state index contributed by atoms with van der Waals surface area (Å²) in [7, 11) is -1.98. The zero-order chi connectivity index (χ0) is 21.0. The molecule has 29 heavy (non-hydrogen) atoms. The van der Waals surface area contributed by atoms with Crippen LogP contribution in [-0.4, -0.2) is 31.7 Å². The van der Waals surface area contributed by atoms with Gasteiger partial charge in [-0.15, -0.1) is 0 Å². The molecule has 2 aromatic rings. The number of nitriles is 1. The predicted molar refractivity (Wildman–Crippen MR) is 112 cm³/mol. The smallest absolute Gasteiger partial charge is 0.255 e. The van der Waals surface area contributed by atoms with Crippen LogP contribution in [0.5, 0.6) is 0 Å². The second-order valence-corrected chi connectivity index (χ2v) is 9.50. The first kappa shape index (κ1) is 21.3. The van der Waals surface area contributed by atoms with Crippen molar-refractivity contribution in [2.24, 2.45) is 0 Å². The molecule has 1 aliphatic carbocycles. The number of carbonyl (C=O) groups excluding carboxylic acids is 1. The van der Waals surface area contributed by atoms with Crippen LogP contribution in [0.2, 0.25) is 5.02 Å². The minimum atomic E-state index is -3.60. The van der Waals surface area contributed by atoms with Crippen molar-refractivity contribution in [3.8, 4) is 6.07 Å². The van der Waals surface area contributed by atoms with E-state index in [4.69, 9.17) is 16.9 Å². The van der Waals surface area contributed by atoms with E-state index < -0.39 is 15.9 Å². The Morgan fingerprint density at radius 2 is 1.79 bits per heavy atom. The van der Waals surface area contributed by atoms with Crippen LogP contribution in [0.4, 0.5) is 5.69 Å². The van der Waals surface area contributed by atoms with Gasteiger partial charge in [0.15, 0.2) is 0 Å². The Hall–Kier alpha value is -2.40. The van der Waals surface area contributed by atoms with Gasteiger partial charge in [0.2, 0.25) is 10.0 Å². The average molecular weight is 432 g/mol. The Morgan fingerprint density at radius 1 is 1.14 bits per heavy atom. The standard InChI is InChI=1S/C21H22ClN3O3S/c1-25(18-5-3-2-4-6-18)29(27,28)19-10-7-15(8-11-19)21(26)24-17-9-12-20(22)16(13-17)14-23/h7-13,18H,2-6H2,1H3,(H,24,26). The van der Waals surface area contributed by atoms with Gasteiger partial charge in [0, 0.05) is 24.3 Å². The molecule has 0 spiro atoms. The zero-order valence-electron chi connectivity index (χ0n) is 16.1. The van der Waals surface area contributed by atoms with E-state index in [1.807, 2.05) is 6.07 Å². The number of benzene rings is 2. The molecule has 0 aliphatic heterocycles. The van der Waals surface area contributed by atoms with Crippen molar-refractivity contribution in [2.45, 2.75) is 43.0 Å². The third kappa shape index (κ3) is 4.78. The fraction of sp³-hybridized carbons (Fsp3) is 0.333. The van der Waals surface area contributed by atoms with Gasteiger partial charge in [0.1, 0.15) is 6.07 Å². The summed E-state index contributed by atoms with van der Waals surface area (Å²) >= 11 is 5.90. The summed E-state index contributed by atoms with van der Waals surface area (Å²) in [5.41, 5.74) is 1.01. The van der Waals surface area contributed by atoms with E-state index >= 15 is 0 Å². The molecule has 0 saturated heterocycles. The van der Waals surface area contributed by atoms with Crippen LogP contribution in [0.1, 0.15) is 48.0 Å². The van der Waals surface area contributed by atoms with Gasteiger partial charge in [-0.05, 0) is 55.3 Å². The summed E-state index contributed by atoms with van der Waals surface area (Å²) in [5.74, 6) is -0.402. The Kier molecular flexibility index (Phi) is 6.58. The monoisotopic (exact) mass is 431 g/mol. The van der Waals surface area contributed by atoms with Gasteiger partial charge < -0.3 is 5.32 Å². The highest BCUT2D eigenvalue weighted by Gasteiger charge is 2.29. The number of carbonyl (C=O) groups is 1. The Labute approximate surface area is 176 Å². The average Bonchev–Trinajstić information content (AvgIpc) is 2.75. The van der Waals surface area contributed by atoms with Crippen molar-refractivity contribution in [3.63, 3.8) is 0 Å². The number of anilines is 1. The number of sulfonamides is 1. The van der Waals surface area contributed by atoms with Crippen LogP contribution in [0, 0.1) is 11.3 Å². The maximum Gasteiger partial charge on any atom is 0.255 e. The van der Waals surface area contributed by atoms with E-state index in [-0.39, 0.29) is 16.5 Å². The summed E-state index contributed by atoms with van der Waals surface area (Å²) in [6.07, 6.45) is 4.99. The van der Waals surface area contributed by atoms with Crippen LogP contribution in [0.15, 0.2) is 47.4 Å². The molecule has 152 valence electrons. The molecule has 2 aromatic carbocycles. The minimum Gasteiger partial charge on any atom is -0.322 e. The Balaban J connectivity index is 1.73. The summed E-state index contributed by atoms with van der Waals surface area (Å²) in [6, 6.07) is 12.5. The zero-order valence-corrected chi connectivity index (χ0v) is 17.6. The van der Waals surface area contributed by atoms with Gasteiger partial charge in [-0.2, -0.15) is 9.57 Å². The van der Waals surface area contributed by atoms with Crippen LogP contribution in [-0.2, 0) is 10.0 Å². The molecule has 0 bridgehead atoms. The van der Waals surface area contributed by atoms with E-state index in [0.29, 0.717) is 16.3 Å². The minimum absolute atomic E-state index is 0.0240. The lowest BCUT2D eigenvalue weighted by atomic mass is 9.96. The largest absolute Gasteiger partial charge is 0.322 e. The second kappa shape index (κ2) is 8.95. The van der Waals surface area contributed by atoms with Crippen molar-refractivity contribution in [2.75, 3.05) is 12.4 Å². The van der Waals surface area contributed by atoms with Crippen molar-refractivity contribution in [3.05, 3.63) is 58.6 Å². The lowest BCUT2D eigenvalue weighted by molar-refractivity contribution is 0.102. The number of nitrogens with zero attached hydrogens (tertiary/aromatic N) is 2. The van der Waals surface area contributed by atoms with Gasteiger partial charge in [0.05, 0.1) is 15.5 Å². The first-order valence-electron chi connectivity index (χ1n) is 9.42. The topological polar surface area (TPSA) is 90.3 Å². The van der Waals surface area contributed by atoms with Gasteiger partial charge in [-0.1, -0.05) is 30.9 Å². The lowest BCUT2D eigenvalue weighted by Crippen LogP contribution is -2.38.